The Morgan fingerprint density at radius 3 is 2.13 bits per heavy atom. The van der Waals surface area contributed by atoms with E-state index in [1.165, 1.54) is 63.3 Å². The molecular weight excluding hydrogens is 392 g/mol. The van der Waals surface area contributed by atoms with E-state index in [2.05, 4.69) is 28.7 Å². The van der Waals surface area contributed by atoms with Gasteiger partial charge in [0.15, 0.2) is 0 Å². The highest BCUT2D eigenvalue weighted by molar-refractivity contribution is 6.25. The maximum Gasteiger partial charge on any atom is 0.131 e. The molecule has 1 aromatic heterocycles. The number of hydrogen-bond donors (Lipinski definition) is 0. The fourth-order valence-electron chi connectivity index (χ4n) is 3.19. The van der Waals surface area contributed by atoms with Gasteiger partial charge in [0.25, 0.3) is 0 Å². The molecule has 0 saturated heterocycles. The van der Waals surface area contributed by atoms with Crippen molar-refractivity contribution in [3.8, 4) is 28.8 Å². The van der Waals surface area contributed by atoms with Crippen molar-refractivity contribution >= 4 is 11.6 Å². The van der Waals surface area contributed by atoms with Crippen LogP contribution in [0.2, 0.25) is 0 Å². The molecule has 2 aromatic rings. The third-order valence-corrected chi connectivity index (χ3v) is 5.04. The molecule has 3 nitrogen and oxygen atoms in total. The Hall–Kier alpha value is -2.31. The highest BCUT2D eigenvalue weighted by Crippen LogP contribution is 2.20. The van der Waals surface area contributed by atoms with Gasteiger partial charge in [0, 0.05) is 11.1 Å². The number of hydrogen-bond acceptors (Lipinski definition) is 3. The molecule has 1 aromatic carbocycles. The summed E-state index contributed by atoms with van der Waals surface area (Å²) < 4.78 is 5.87. The molecule has 0 atom stereocenters. The zero-order valence-corrected chi connectivity index (χ0v) is 18.8. The molecule has 0 aliphatic carbocycles. The van der Waals surface area contributed by atoms with Crippen molar-refractivity contribution in [2.24, 2.45) is 0 Å². The molecular formula is C26H33ClN2O. The van der Waals surface area contributed by atoms with E-state index in [0.717, 1.165) is 30.0 Å². The van der Waals surface area contributed by atoms with Crippen LogP contribution in [-0.2, 0) is 0 Å². The lowest BCUT2D eigenvalue weighted by Gasteiger charge is -2.07. The largest absolute Gasteiger partial charge is 0.494 e. The third kappa shape index (κ3) is 9.94. The van der Waals surface area contributed by atoms with Gasteiger partial charge in [0.2, 0.25) is 0 Å². The maximum atomic E-state index is 5.87. The number of nitrogens with zero attached hydrogens (tertiary/aromatic N) is 2. The summed E-state index contributed by atoms with van der Waals surface area (Å²) in [6, 6.07) is 8.01. The number of allylic oxidation sites excluding steroid dienone is 1. The van der Waals surface area contributed by atoms with Crippen molar-refractivity contribution in [1.82, 2.24) is 9.97 Å². The summed E-state index contributed by atoms with van der Waals surface area (Å²) in [7, 11) is 0. The Labute approximate surface area is 186 Å². The molecule has 1 heterocycles. The van der Waals surface area contributed by atoms with Gasteiger partial charge >= 0.3 is 0 Å². The van der Waals surface area contributed by atoms with E-state index < -0.39 is 0 Å². The molecule has 4 heteroatoms. The average molecular weight is 425 g/mol. The van der Waals surface area contributed by atoms with E-state index in [1.54, 1.807) is 18.5 Å². The van der Waals surface area contributed by atoms with Crippen LogP contribution in [0.3, 0.4) is 0 Å². The summed E-state index contributed by atoms with van der Waals surface area (Å²) >= 11 is 5.44. The molecule has 0 saturated carbocycles. The number of aromatic nitrogens is 2. The highest BCUT2D eigenvalue weighted by Gasteiger charge is 2.01. The summed E-state index contributed by atoms with van der Waals surface area (Å²) in [5, 5.41) is 0. The summed E-state index contributed by atoms with van der Waals surface area (Å²) in [6.45, 7) is 3.05. The first kappa shape index (κ1) is 24.0. The summed E-state index contributed by atoms with van der Waals surface area (Å²) in [4.78, 5) is 8.74. The number of ether oxygens (including phenoxy) is 1. The SMILES string of the molecule is CCCCCCCCCCCCOc1ccc(-c2cnc(C#C/C=C/Cl)cn2)cc1. The van der Waals surface area contributed by atoms with Crippen LogP contribution in [0.4, 0.5) is 0 Å². The van der Waals surface area contributed by atoms with Gasteiger partial charge < -0.3 is 4.74 Å². The Morgan fingerprint density at radius 2 is 1.53 bits per heavy atom. The van der Waals surface area contributed by atoms with Crippen molar-refractivity contribution in [2.75, 3.05) is 6.61 Å². The minimum absolute atomic E-state index is 0.616. The smallest absolute Gasteiger partial charge is 0.131 e. The number of halogens is 1. The van der Waals surface area contributed by atoms with E-state index in [1.807, 2.05) is 24.3 Å². The Morgan fingerprint density at radius 1 is 0.867 bits per heavy atom. The van der Waals surface area contributed by atoms with Crippen LogP contribution in [0, 0.1) is 11.8 Å². The lowest BCUT2D eigenvalue weighted by atomic mass is 10.1. The first-order valence-electron chi connectivity index (χ1n) is 11.2. The molecule has 2 rings (SSSR count). The molecule has 0 bridgehead atoms. The van der Waals surface area contributed by atoms with Gasteiger partial charge in [-0.3, -0.25) is 4.98 Å². The summed E-state index contributed by atoms with van der Waals surface area (Å²) in [5.41, 5.74) is 3.81. The number of rotatable bonds is 13. The van der Waals surface area contributed by atoms with Crippen molar-refractivity contribution in [3.63, 3.8) is 0 Å². The van der Waals surface area contributed by atoms with Crippen LogP contribution in [0.15, 0.2) is 48.3 Å². The van der Waals surface area contributed by atoms with Crippen molar-refractivity contribution in [3.05, 3.63) is 54.0 Å². The molecule has 0 aliphatic rings. The topological polar surface area (TPSA) is 35.0 Å². The van der Waals surface area contributed by atoms with Crippen molar-refractivity contribution < 1.29 is 4.74 Å². The second-order valence-corrected chi connectivity index (χ2v) is 7.66. The van der Waals surface area contributed by atoms with E-state index in [4.69, 9.17) is 16.3 Å². The third-order valence-electron chi connectivity index (χ3n) is 4.92. The van der Waals surface area contributed by atoms with Crippen molar-refractivity contribution in [1.29, 1.82) is 0 Å². The molecule has 0 amide bonds. The molecule has 0 fully saturated rings. The minimum atomic E-state index is 0.616. The fourth-order valence-corrected chi connectivity index (χ4v) is 3.25. The molecule has 30 heavy (non-hydrogen) atoms. The second kappa shape index (κ2) is 15.5. The molecule has 160 valence electrons. The van der Waals surface area contributed by atoms with Gasteiger partial charge in [-0.25, -0.2) is 4.98 Å². The maximum absolute atomic E-state index is 5.87. The predicted octanol–water partition coefficient (Wildman–Crippen LogP) is 7.55. The quantitative estimate of drug-likeness (QED) is 0.246. The molecule has 0 spiro atoms. The first-order valence-corrected chi connectivity index (χ1v) is 11.6. The lowest BCUT2D eigenvalue weighted by Crippen LogP contribution is -1.97. The van der Waals surface area contributed by atoms with Gasteiger partial charge in [-0.2, -0.15) is 0 Å². The predicted molar refractivity (Wildman–Crippen MR) is 127 cm³/mol. The average Bonchev–Trinajstić information content (AvgIpc) is 2.79. The van der Waals surface area contributed by atoms with Crippen molar-refractivity contribution in [2.45, 2.75) is 71.1 Å². The van der Waals surface area contributed by atoms with Crippen LogP contribution in [-0.4, -0.2) is 16.6 Å². The Kier molecular flexibility index (Phi) is 12.4. The lowest BCUT2D eigenvalue weighted by molar-refractivity contribution is 0.304. The number of benzene rings is 1. The van der Waals surface area contributed by atoms with E-state index in [0.29, 0.717) is 5.69 Å². The van der Waals surface area contributed by atoms with Crippen LogP contribution in [0.1, 0.15) is 76.8 Å². The fraction of sp³-hybridized carbons (Fsp3) is 0.462. The van der Waals surface area contributed by atoms with E-state index in [-0.39, 0.29) is 0 Å². The van der Waals surface area contributed by atoms with Gasteiger partial charge in [-0.05, 0) is 42.7 Å². The molecule has 0 radical (unpaired) electrons. The standard InChI is InChI=1S/C26H33ClN2O/c1-2-3-4-5-6-7-8-9-10-13-20-30-25-17-15-23(16-18-25)26-22-28-24(21-29-26)14-11-12-19-27/h12,15-19,21-22H,2-10,13,20H2,1H3/b19-12+. The van der Waals surface area contributed by atoms with Crippen LogP contribution >= 0.6 is 11.6 Å². The molecule has 0 aliphatic heterocycles. The zero-order chi connectivity index (χ0) is 21.3. The normalized spacial score (nSPS) is 10.7. The van der Waals surface area contributed by atoms with Gasteiger partial charge in [-0.15, -0.1) is 0 Å². The molecule has 0 N–H and O–H groups in total. The van der Waals surface area contributed by atoms with Crippen LogP contribution in [0.25, 0.3) is 11.3 Å². The minimum Gasteiger partial charge on any atom is -0.494 e. The van der Waals surface area contributed by atoms with Gasteiger partial charge in [0.05, 0.1) is 24.7 Å². The monoisotopic (exact) mass is 424 g/mol. The zero-order valence-electron chi connectivity index (χ0n) is 18.1. The first-order chi connectivity index (χ1) is 14.8. The summed E-state index contributed by atoms with van der Waals surface area (Å²) in [5.74, 6) is 6.56. The Bertz CT molecular complexity index is 789. The Balaban J connectivity index is 1.62. The van der Waals surface area contributed by atoms with E-state index >= 15 is 0 Å². The van der Waals surface area contributed by atoms with Crippen LogP contribution < -0.4 is 4.74 Å². The van der Waals surface area contributed by atoms with Crippen LogP contribution in [0.5, 0.6) is 5.75 Å². The highest BCUT2D eigenvalue weighted by atomic mass is 35.5. The summed E-state index contributed by atoms with van der Waals surface area (Å²) in [6.07, 6.45) is 18.3. The van der Waals surface area contributed by atoms with Gasteiger partial charge in [0.1, 0.15) is 11.4 Å². The van der Waals surface area contributed by atoms with E-state index in [9.17, 15) is 0 Å². The molecule has 0 unspecified atom stereocenters. The number of unbranched alkanes of at least 4 members (excludes halogenated alkanes) is 9. The second-order valence-electron chi connectivity index (χ2n) is 7.40. The van der Waals surface area contributed by atoms with Gasteiger partial charge in [-0.1, -0.05) is 82.2 Å².